The molecule has 2 heterocycles. The van der Waals surface area contributed by atoms with Crippen molar-refractivity contribution in [1.82, 2.24) is 15.3 Å². The average Bonchev–Trinajstić information content (AvgIpc) is 2.92. The third-order valence-corrected chi connectivity index (χ3v) is 8.75. The summed E-state index contributed by atoms with van der Waals surface area (Å²) in [6.07, 6.45) is 7.39. The molecule has 0 aromatic heterocycles. The molecular formula is C29H43N3O4. The van der Waals surface area contributed by atoms with E-state index in [0.29, 0.717) is 44.2 Å². The number of hydrogen-bond acceptors (Lipinski definition) is 4. The Morgan fingerprint density at radius 2 is 1.67 bits per heavy atom. The molecular weight excluding hydrogens is 454 g/mol. The molecule has 3 aliphatic rings. The molecule has 1 aromatic rings. The number of amides is 3. The van der Waals surface area contributed by atoms with Gasteiger partial charge in [-0.15, -0.1) is 0 Å². The van der Waals surface area contributed by atoms with Crippen LogP contribution in [0.3, 0.4) is 0 Å². The van der Waals surface area contributed by atoms with E-state index in [4.69, 9.17) is 0 Å². The van der Waals surface area contributed by atoms with Gasteiger partial charge in [0, 0.05) is 38.5 Å². The quantitative estimate of drug-likeness (QED) is 0.449. The Morgan fingerprint density at radius 3 is 2.33 bits per heavy atom. The zero-order valence-electron chi connectivity index (χ0n) is 22.0. The molecule has 3 atom stereocenters. The van der Waals surface area contributed by atoms with E-state index in [0.717, 1.165) is 45.2 Å². The molecule has 0 spiro atoms. The molecule has 1 aromatic carbocycles. The van der Waals surface area contributed by atoms with Gasteiger partial charge in [-0.05, 0) is 80.2 Å². The lowest BCUT2D eigenvalue weighted by Crippen LogP contribution is -2.48. The summed E-state index contributed by atoms with van der Waals surface area (Å²) in [6.45, 7) is 7.44. The van der Waals surface area contributed by atoms with Crippen molar-refractivity contribution in [3.63, 3.8) is 0 Å². The van der Waals surface area contributed by atoms with Crippen molar-refractivity contribution in [3.8, 4) is 0 Å². The second-order valence-corrected chi connectivity index (χ2v) is 11.4. The van der Waals surface area contributed by atoms with Crippen LogP contribution in [0.2, 0.25) is 0 Å². The Kier molecular flexibility index (Phi) is 9.04. The molecule has 2 saturated heterocycles. The number of nitrogens with one attached hydrogen (secondary N) is 1. The van der Waals surface area contributed by atoms with E-state index in [2.05, 4.69) is 38.1 Å². The first-order valence-corrected chi connectivity index (χ1v) is 14.0. The Bertz CT molecular complexity index is 919. The molecule has 1 unspecified atom stereocenters. The fraction of sp³-hybridized carbons (Fsp3) is 0.690. The molecule has 2 aliphatic heterocycles. The highest BCUT2D eigenvalue weighted by atomic mass is 16.5. The monoisotopic (exact) mass is 497 g/mol. The lowest BCUT2D eigenvalue weighted by Gasteiger charge is -2.39. The summed E-state index contributed by atoms with van der Waals surface area (Å²) >= 11 is 0. The van der Waals surface area contributed by atoms with Crippen LogP contribution in [0.25, 0.3) is 0 Å². The van der Waals surface area contributed by atoms with Gasteiger partial charge in [0.05, 0.1) is 5.92 Å². The van der Waals surface area contributed by atoms with Gasteiger partial charge in [-0.25, -0.2) is 5.48 Å². The molecule has 3 amide bonds. The molecule has 1 aliphatic carbocycles. The van der Waals surface area contributed by atoms with Gasteiger partial charge in [0.25, 0.3) is 0 Å². The summed E-state index contributed by atoms with van der Waals surface area (Å²) < 4.78 is 0. The van der Waals surface area contributed by atoms with E-state index < -0.39 is 17.7 Å². The first-order chi connectivity index (χ1) is 17.4. The normalized spacial score (nSPS) is 25.6. The van der Waals surface area contributed by atoms with E-state index in [1.165, 1.54) is 17.5 Å². The number of benzene rings is 1. The van der Waals surface area contributed by atoms with E-state index in [-0.39, 0.29) is 17.7 Å². The van der Waals surface area contributed by atoms with Crippen molar-refractivity contribution in [2.75, 3.05) is 26.2 Å². The Hall–Kier alpha value is -2.41. The standard InChI is InChI=1S/C29H43N3O4/c1-20(2)23-7-6-8-24(19-23)22-11-15-32(16-12-22)29(35)25-10-9-21(17-26(25)28(34)30-36)18-27(33)31-13-4-3-5-14-31/h6-8,19-22,25-26,36H,3-5,9-18H2,1-2H3,(H,30,34)/t21?,25-,26-/m0/s1. The molecule has 0 bridgehead atoms. The van der Waals surface area contributed by atoms with E-state index >= 15 is 0 Å². The molecule has 36 heavy (non-hydrogen) atoms. The van der Waals surface area contributed by atoms with Gasteiger partial charge in [0.2, 0.25) is 17.7 Å². The van der Waals surface area contributed by atoms with Crippen LogP contribution in [-0.4, -0.2) is 58.9 Å². The van der Waals surface area contributed by atoms with Crippen LogP contribution in [-0.2, 0) is 14.4 Å². The van der Waals surface area contributed by atoms with Crippen molar-refractivity contribution in [2.45, 2.75) is 83.5 Å². The number of likely N-dealkylation sites (tertiary alicyclic amines) is 2. The summed E-state index contributed by atoms with van der Waals surface area (Å²) in [5, 5.41) is 9.39. The SMILES string of the molecule is CC(C)c1cccc(C2CCN(C(=O)[C@H]3CCC(CC(=O)N4CCCCC4)C[C@@H]3C(=O)NO)CC2)c1. The predicted octanol–water partition coefficient (Wildman–Crippen LogP) is 4.46. The molecule has 198 valence electrons. The van der Waals surface area contributed by atoms with Crippen molar-refractivity contribution in [3.05, 3.63) is 35.4 Å². The van der Waals surface area contributed by atoms with Crippen molar-refractivity contribution in [1.29, 1.82) is 0 Å². The minimum absolute atomic E-state index is 0.0267. The van der Waals surface area contributed by atoms with Crippen LogP contribution in [0, 0.1) is 17.8 Å². The minimum atomic E-state index is -0.587. The maximum Gasteiger partial charge on any atom is 0.247 e. The van der Waals surface area contributed by atoms with Crippen LogP contribution in [0.4, 0.5) is 0 Å². The highest BCUT2D eigenvalue weighted by Gasteiger charge is 2.42. The second kappa shape index (κ2) is 12.2. The molecule has 7 nitrogen and oxygen atoms in total. The summed E-state index contributed by atoms with van der Waals surface area (Å²) in [6, 6.07) is 8.81. The largest absolute Gasteiger partial charge is 0.343 e. The molecule has 2 N–H and O–H groups in total. The first kappa shape index (κ1) is 26.6. The van der Waals surface area contributed by atoms with E-state index in [1.54, 1.807) is 5.48 Å². The van der Waals surface area contributed by atoms with Crippen molar-refractivity contribution in [2.24, 2.45) is 17.8 Å². The van der Waals surface area contributed by atoms with Crippen LogP contribution in [0.1, 0.15) is 94.6 Å². The first-order valence-electron chi connectivity index (χ1n) is 14.0. The minimum Gasteiger partial charge on any atom is -0.343 e. The second-order valence-electron chi connectivity index (χ2n) is 11.4. The topological polar surface area (TPSA) is 90.0 Å². The summed E-state index contributed by atoms with van der Waals surface area (Å²) in [7, 11) is 0. The van der Waals surface area contributed by atoms with Gasteiger partial charge < -0.3 is 9.80 Å². The Balaban J connectivity index is 1.34. The number of rotatable bonds is 6. The number of carbonyl (C=O) groups excluding carboxylic acids is 3. The van der Waals surface area contributed by atoms with Crippen molar-refractivity contribution >= 4 is 17.7 Å². The summed E-state index contributed by atoms with van der Waals surface area (Å²) in [5.74, 6) is -0.314. The van der Waals surface area contributed by atoms with Gasteiger partial charge in [0.15, 0.2) is 0 Å². The Labute approximate surface area is 215 Å². The van der Waals surface area contributed by atoms with Crippen LogP contribution >= 0.6 is 0 Å². The van der Waals surface area contributed by atoms with Gasteiger partial charge in [-0.3, -0.25) is 19.6 Å². The smallest absolute Gasteiger partial charge is 0.247 e. The summed E-state index contributed by atoms with van der Waals surface area (Å²) in [5.41, 5.74) is 4.50. The zero-order chi connectivity index (χ0) is 25.7. The number of hydrogen-bond donors (Lipinski definition) is 2. The lowest BCUT2D eigenvalue weighted by atomic mass is 9.71. The molecule has 3 fully saturated rings. The third kappa shape index (κ3) is 6.28. The fourth-order valence-electron chi connectivity index (χ4n) is 6.47. The van der Waals surface area contributed by atoms with Crippen LogP contribution < -0.4 is 5.48 Å². The van der Waals surface area contributed by atoms with Gasteiger partial charge >= 0.3 is 0 Å². The molecule has 0 radical (unpaired) electrons. The third-order valence-electron chi connectivity index (χ3n) is 8.75. The predicted molar refractivity (Wildman–Crippen MR) is 138 cm³/mol. The lowest BCUT2D eigenvalue weighted by molar-refractivity contribution is -0.149. The molecule has 4 rings (SSSR count). The van der Waals surface area contributed by atoms with E-state index in [1.807, 2.05) is 9.80 Å². The maximum atomic E-state index is 13.5. The van der Waals surface area contributed by atoms with E-state index in [9.17, 15) is 19.6 Å². The molecule has 7 heteroatoms. The number of carbonyl (C=O) groups is 3. The zero-order valence-corrected chi connectivity index (χ0v) is 22.0. The number of nitrogens with zero attached hydrogens (tertiary/aromatic N) is 2. The summed E-state index contributed by atoms with van der Waals surface area (Å²) in [4.78, 5) is 42.8. The maximum absolute atomic E-state index is 13.5. The Morgan fingerprint density at radius 1 is 0.944 bits per heavy atom. The number of piperidine rings is 2. The molecule has 1 saturated carbocycles. The highest BCUT2D eigenvalue weighted by molar-refractivity contribution is 5.87. The van der Waals surface area contributed by atoms with Gasteiger partial charge in [0.1, 0.15) is 0 Å². The van der Waals surface area contributed by atoms with Crippen molar-refractivity contribution < 1.29 is 19.6 Å². The highest BCUT2D eigenvalue weighted by Crippen LogP contribution is 2.39. The fourth-order valence-corrected chi connectivity index (χ4v) is 6.47. The number of hydroxylamine groups is 1. The van der Waals surface area contributed by atoms with Gasteiger partial charge in [-0.1, -0.05) is 38.1 Å². The van der Waals surface area contributed by atoms with Gasteiger partial charge in [-0.2, -0.15) is 0 Å². The van der Waals surface area contributed by atoms with Crippen LogP contribution in [0.15, 0.2) is 24.3 Å². The van der Waals surface area contributed by atoms with Crippen LogP contribution in [0.5, 0.6) is 0 Å². The average molecular weight is 498 g/mol.